The summed E-state index contributed by atoms with van der Waals surface area (Å²) in [6.07, 6.45) is 2.90. The summed E-state index contributed by atoms with van der Waals surface area (Å²) in [5.41, 5.74) is 2.36. The second-order valence-corrected chi connectivity index (χ2v) is 5.27. The lowest BCUT2D eigenvalue weighted by Crippen LogP contribution is -2.46. The van der Waals surface area contributed by atoms with Gasteiger partial charge < -0.3 is 10.6 Å². The molecule has 2 N–H and O–H groups in total. The number of hydrogen-bond acceptors (Lipinski definition) is 2. The Labute approximate surface area is 119 Å². The molecule has 0 radical (unpaired) electrons. The van der Waals surface area contributed by atoms with Gasteiger partial charge in [-0.1, -0.05) is 24.3 Å². The number of fused-ring (bicyclic) bond motifs is 1. The fourth-order valence-corrected chi connectivity index (χ4v) is 2.73. The minimum absolute atomic E-state index is 0.0455. The topological polar surface area (TPSA) is 58.2 Å². The molecule has 0 fully saturated rings. The van der Waals surface area contributed by atoms with E-state index in [1.807, 2.05) is 25.1 Å². The van der Waals surface area contributed by atoms with Gasteiger partial charge in [-0.15, -0.1) is 0 Å². The zero-order valence-corrected chi connectivity index (χ0v) is 12.1. The van der Waals surface area contributed by atoms with Crippen molar-refractivity contribution >= 4 is 11.8 Å². The molecule has 2 atom stereocenters. The highest BCUT2D eigenvalue weighted by atomic mass is 16.2. The van der Waals surface area contributed by atoms with Gasteiger partial charge >= 0.3 is 0 Å². The zero-order chi connectivity index (χ0) is 14.5. The van der Waals surface area contributed by atoms with Crippen LogP contribution in [0.3, 0.4) is 0 Å². The average molecular weight is 274 g/mol. The molecule has 0 spiro atoms. The standard InChI is InChI=1S/C16H22N2O2/c1-3-17-15(19)11(2)18-16(20)14-10-6-8-12-7-4-5-9-13(12)14/h4-5,7,9,11,14H,3,6,8,10H2,1-2H3,(H,17,19)(H,18,20)/t11-,14+/m1/s1. The van der Waals surface area contributed by atoms with Crippen molar-refractivity contribution in [2.75, 3.05) is 6.54 Å². The van der Waals surface area contributed by atoms with E-state index in [9.17, 15) is 9.59 Å². The smallest absolute Gasteiger partial charge is 0.242 e. The van der Waals surface area contributed by atoms with Gasteiger partial charge in [-0.25, -0.2) is 0 Å². The summed E-state index contributed by atoms with van der Waals surface area (Å²) in [5, 5.41) is 5.54. The van der Waals surface area contributed by atoms with E-state index >= 15 is 0 Å². The number of benzene rings is 1. The highest BCUT2D eigenvalue weighted by molar-refractivity contribution is 5.90. The molecule has 2 amide bonds. The molecule has 4 nitrogen and oxygen atoms in total. The van der Waals surface area contributed by atoms with E-state index in [2.05, 4.69) is 16.7 Å². The van der Waals surface area contributed by atoms with E-state index in [-0.39, 0.29) is 17.7 Å². The number of hydrogen-bond donors (Lipinski definition) is 2. The lowest BCUT2D eigenvalue weighted by Gasteiger charge is -2.26. The van der Waals surface area contributed by atoms with Crippen LogP contribution < -0.4 is 10.6 Å². The molecular formula is C16H22N2O2. The molecule has 1 aromatic rings. The first-order chi connectivity index (χ1) is 9.63. The van der Waals surface area contributed by atoms with Crippen molar-refractivity contribution in [2.24, 2.45) is 0 Å². The second-order valence-electron chi connectivity index (χ2n) is 5.27. The van der Waals surface area contributed by atoms with Gasteiger partial charge in [0.15, 0.2) is 0 Å². The maximum Gasteiger partial charge on any atom is 0.242 e. The summed E-state index contributed by atoms with van der Waals surface area (Å²) in [5.74, 6) is -0.308. The third-order valence-corrected chi connectivity index (χ3v) is 3.79. The normalized spacial score (nSPS) is 18.8. The monoisotopic (exact) mass is 274 g/mol. The van der Waals surface area contributed by atoms with Crippen LogP contribution in [0.15, 0.2) is 24.3 Å². The predicted molar refractivity (Wildman–Crippen MR) is 78.4 cm³/mol. The molecule has 20 heavy (non-hydrogen) atoms. The average Bonchev–Trinajstić information content (AvgIpc) is 2.46. The lowest BCUT2D eigenvalue weighted by molar-refractivity contribution is -0.129. The van der Waals surface area contributed by atoms with Gasteiger partial charge in [-0.2, -0.15) is 0 Å². The van der Waals surface area contributed by atoms with E-state index in [1.54, 1.807) is 6.92 Å². The Morgan fingerprint density at radius 3 is 2.85 bits per heavy atom. The minimum Gasteiger partial charge on any atom is -0.355 e. The van der Waals surface area contributed by atoms with Crippen LogP contribution in [0, 0.1) is 0 Å². The number of carbonyl (C=O) groups excluding carboxylic acids is 2. The summed E-state index contributed by atoms with van der Waals surface area (Å²) < 4.78 is 0. The molecule has 1 aliphatic rings. The quantitative estimate of drug-likeness (QED) is 0.878. The van der Waals surface area contributed by atoms with Crippen molar-refractivity contribution in [3.63, 3.8) is 0 Å². The van der Waals surface area contributed by atoms with Crippen molar-refractivity contribution < 1.29 is 9.59 Å². The molecular weight excluding hydrogens is 252 g/mol. The summed E-state index contributed by atoms with van der Waals surface area (Å²) in [4.78, 5) is 24.1. The Hall–Kier alpha value is -1.84. The second kappa shape index (κ2) is 6.55. The van der Waals surface area contributed by atoms with Gasteiger partial charge in [0.25, 0.3) is 0 Å². The van der Waals surface area contributed by atoms with Gasteiger partial charge in [0.05, 0.1) is 5.92 Å². The summed E-state index contributed by atoms with van der Waals surface area (Å²) >= 11 is 0. The summed E-state index contributed by atoms with van der Waals surface area (Å²) in [7, 11) is 0. The van der Waals surface area contributed by atoms with E-state index in [1.165, 1.54) is 5.56 Å². The molecule has 0 saturated heterocycles. The van der Waals surface area contributed by atoms with Crippen molar-refractivity contribution in [3.8, 4) is 0 Å². The molecule has 0 aliphatic heterocycles. The van der Waals surface area contributed by atoms with Crippen molar-refractivity contribution in [1.29, 1.82) is 0 Å². The van der Waals surface area contributed by atoms with E-state index in [0.717, 1.165) is 24.8 Å². The molecule has 1 aromatic carbocycles. The third-order valence-electron chi connectivity index (χ3n) is 3.79. The first-order valence-electron chi connectivity index (χ1n) is 7.29. The fourth-order valence-electron chi connectivity index (χ4n) is 2.73. The van der Waals surface area contributed by atoms with Gasteiger partial charge in [0.2, 0.25) is 11.8 Å². The van der Waals surface area contributed by atoms with Crippen molar-refractivity contribution in [3.05, 3.63) is 35.4 Å². The maximum atomic E-state index is 12.4. The number of carbonyl (C=O) groups is 2. The van der Waals surface area contributed by atoms with E-state index < -0.39 is 6.04 Å². The van der Waals surface area contributed by atoms with Crippen LogP contribution in [0.5, 0.6) is 0 Å². The van der Waals surface area contributed by atoms with Gasteiger partial charge in [0, 0.05) is 6.54 Å². The third kappa shape index (κ3) is 3.18. The first kappa shape index (κ1) is 14.6. The molecule has 108 valence electrons. The van der Waals surface area contributed by atoms with E-state index in [0.29, 0.717) is 6.54 Å². The van der Waals surface area contributed by atoms with Crippen molar-refractivity contribution in [1.82, 2.24) is 10.6 Å². The van der Waals surface area contributed by atoms with Gasteiger partial charge in [-0.05, 0) is 44.2 Å². The molecule has 0 bridgehead atoms. The molecule has 2 rings (SSSR count). The number of aryl methyl sites for hydroxylation is 1. The molecule has 0 unspecified atom stereocenters. The van der Waals surface area contributed by atoms with Crippen LogP contribution in [0.2, 0.25) is 0 Å². The number of nitrogens with one attached hydrogen (secondary N) is 2. The SMILES string of the molecule is CCNC(=O)[C@@H](C)NC(=O)[C@H]1CCCc2ccccc21. The van der Waals surface area contributed by atoms with E-state index in [4.69, 9.17) is 0 Å². The van der Waals surface area contributed by atoms with Crippen LogP contribution in [0.4, 0.5) is 0 Å². The molecule has 0 heterocycles. The Morgan fingerprint density at radius 1 is 1.35 bits per heavy atom. The summed E-state index contributed by atoms with van der Waals surface area (Å²) in [6.45, 7) is 4.16. The Morgan fingerprint density at radius 2 is 2.10 bits per heavy atom. The lowest BCUT2D eigenvalue weighted by atomic mass is 9.82. The summed E-state index contributed by atoms with van der Waals surface area (Å²) in [6, 6.07) is 7.60. The van der Waals surface area contributed by atoms with Crippen LogP contribution in [0.1, 0.15) is 43.7 Å². The molecule has 1 aliphatic carbocycles. The van der Waals surface area contributed by atoms with Gasteiger partial charge in [0.1, 0.15) is 6.04 Å². The van der Waals surface area contributed by atoms with Gasteiger partial charge in [-0.3, -0.25) is 9.59 Å². The van der Waals surface area contributed by atoms with Crippen LogP contribution in [-0.2, 0) is 16.0 Å². The van der Waals surface area contributed by atoms with Crippen LogP contribution >= 0.6 is 0 Å². The maximum absolute atomic E-state index is 12.4. The number of likely N-dealkylation sites (N-methyl/N-ethyl adjacent to an activating group) is 1. The minimum atomic E-state index is -0.489. The molecule has 4 heteroatoms. The zero-order valence-electron chi connectivity index (χ0n) is 12.1. The highest BCUT2D eigenvalue weighted by Crippen LogP contribution is 2.31. The Balaban J connectivity index is 2.05. The Bertz CT molecular complexity index is 499. The fraction of sp³-hybridized carbons (Fsp3) is 0.500. The first-order valence-corrected chi connectivity index (χ1v) is 7.29. The molecule has 0 aromatic heterocycles. The van der Waals surface area contributed by atoms with Crippen molar-refractivity contribution in [2.45, 2.75) is 45.1 Å². The highest BCUT2D eigenvalue weighted by Gasteiger charge is 2.27. The number of amides is 2. The van der Waals surface area contributed by atoms with Crippen LogP contribution in [0.25, 0.3) is 0 Å². The van der Waals surface area contributed by atoms with Crippen LogP contribution in [-0.4, -0.2) is 24.4 Å². The largest absolute Gasteiger partial charge is 0.355 e. The molecule has 0 saturated carbocycles. The predicted octanol–water partition coefficient (Wildman–Crippen LogP) is 1.75. The number of rotatable bonds is 4. The Kier molecular flexibility index (Phi) is 4.77.